The molecule has 0 saturated carbocycles. The minimum absolute atomic E-state index is 0.232. The molecular weight excluding hydrogens is 411 g/mol. The summed E-state index contributed by atoms with van der Waals surface area (Å²) < 4.78 is 0. The molecule has 0 radical (unpaired) electrons. The molecule has 7 heteroatoms. The van der Waals surface area contributed by atoms with Crippen LogP contribution in [0, 0.1) is 22.7 Å². The van der Waals surface area contributed by atoms with Crippen LogP contribution in [-0.2, 0) is 0 Å². The molecular formula is C26H15BN4O2. The Bertz CT molecular complexity index is 1620. The molecule has 0 saturated heterocycles. The summed E-state index contributed by atoms with van der Waals surface area (Å²) in [6, 6.07) is 26.4. The van der Waals surface area contributed by atoms with Crippen LogP contribution in [0.5, 0.6) is 0 Å². The van der Waals surface area contributed by atoms with E-state index in [1.54, 1.807) is 24.4 Å². The molecule has 0 amide bonds. The first-order chi connectivity index (χ1) is 16.1. The third kappa shape index (κ3) is 3.68. The highest BCUT2D eigenvalue weighted by Crippen LogP contribution is 2.33. The zero-order chi connectivity index (χ0) is 22.9. The van der Waals surface area contributed by atoms with Gasteiger partial charge < -0.3 is 10.0 Å². The normalized spacial score (nSPS) is 10.7. The highest BCUT2D eigenvalue weighted by atomic mass is 16.4. The Morgan fingerprint density at radius 3 is 2.30 bits per heavy atom. The zero-order valence-electron chi connectivity index (χ0n) is 17.3. The summed E-state index contributed by atoms with van der Waals surface area (Å²) in [5, 5.41) is 39.7. The summed E-state index contributed by atoms with van der Waals surface area (Å²) in [6.45, 7) is 0. The average molecular weight is 426 g/mol. The lowest BCUT2D eigenvalue weighted by molar-refractivity contribution is 0.426. The van der Waals surface area contributed by atoms with Gasteiger partial charge in [-0.3, -0.25) is 4.98 Å². The first kappa shape index (κ1) is 20.4. The van der Waals surface area contributed by atoms with Crippen molar-refractivity contribution in [2.45, 2.75) is 0 Å². The van der Waals surface area contributed by atoms with Gasteiger partial charge >= 0.3 is 7.12 Å². The Morgan fingerprint density at radius 1 is 0.758 bits per heavy atom. The third-order valence-corrected chi connectivity index (χ3v) is 5.54. The van der Waals surface area contributed by atoms with Gasteiger partial charge in [-0.1, -0.05) is 48.5 Å². The predicted octanol–water partition coefficient (Wildman–Crippen LogP) is 3.54. The highest BCUT2D eigenvalue weighted by molar-refractivity contribution is 6.58. The van der Waals surface area contributed by atoms with Crippen LogP contribution in [0.25, 0.3) is 44.1 Å². The molecule has 33 heavy (non-hydrogen) atoms. The van der Waals surface area contributed by atoms with Gasteiger partial charge in [0.25, 0.3) is 0 Å². The Kier molecular flexibility index (Phi) is 5.04. The molecule has 0 aliphatic heterocycles. The van der Waals surface area contributed by atoms with Gasteiger partial charge in [0.05, 0.1) is 22.7 Å². The Hall–Kier alpha value is -4.56. The van der Waals surface area contributed by atoms with E-state index in [0.717, 1.165) is 27.5 Å². The summed E-state index contributed by atoms with van der Waals surface area (Å²) >= 11 is 0. The van der Waals surface area contributed by atoms with Crippen molar-refractivity contribution in [3.05, 3.63) is 90.3 Å². The maximum absolute atomic E-state index is 9.57. The lowest BCUT2D eigenvalue weighted by atomic mass is 9.78. The van der Waals surface area contributed by atoms with Crippen molar-refractivity contribution in [1.29, 1.82) is 10.5 Å². The van der Waals surface area contributed by atoms with Gasteiger partial charge in [0.15, 0.2) is 0 Å². The second-order valence-electron chi connectivity index (χ2n) is 7.62. The molecule has 5 rings (SSSR count). The number of hydrogen-bond donors (Lipinski definition) is 2. The number of hydrogen-bond acceptors (Lipinski definition) is 6. The van der Waals surface area contributed by atoms with E-state index in [1.165, 1.54) is 6.07 Å². The molecule has 2 aromatic heterocycles. The number of nitriles is 2. The van der Waals surface area contributed by atoms with E-state index in [0.29, 0.717) is 27.9 Å². The van der Waals surface area contributed by atoms with Crippen LogP contribution < -0.4 is 5.46 Å². The molecule has 0 fully saturated rings. The van der Waals surface area contributed by atoms with Crippen LogP contribution in [0.1, 0.15) is 11.3 Å². The van der Waals surface area contributed by atoms with E-state index < -0.39 is 7.12 Å². The van der Waals surface area contributed by atoms with Crippen molar-refractivity contribution in [2.75, 3.05) is 0 Å². The average Bonchev–Trinajstić information content (AvgIpc) is 2.87. The van der Waals surface area contributed by atoms with Gasteiger partial charge in [-0.25, -0.2) is 4.98 Å². The Morgan fingerprint density at radius 2 is 1.58 bits per heavy atom. The first-order valence-electron chi connectivity index (χ1n) is 10.2. The van der Waals surface area contributed by atoms with Gasteiger partial charge in [0, 0.05) is 22.5 Å². The van der Waals surface area contributed by atoms with Crippen molar-refractivity contribution in [2.24, 2.45) is 0 Å². The molecule has 2 N–H and O–H groups in total. The molecule has 0 bridgehead atoms. The van der Waals surface area contributed by atoms with E-state index >= 15 is 0 Å². The van der Waals surface area contributed by atoms with Crippen LogP contribution in [0.2, 0.25) is 0 Å². The second kappa shape index (κ2) is 8.18. The van der Waals surface area contributed by atoms with Crippen molar-refractivity contribution in [1.82, 2.24) is 9.97 Å². The molecule has 0 atom stereocenters. The summed E-state index contributed by atoms with van der Waals surface area (Å²) in [4.78, 5) is 9.19. The number of rotatable bonds is 3. The van der Waals surface area contributed by atoms with Gasteiger partial charge in [0.2, 0.25) is 0 Å². The number of pyridine rings is 2. The number of aromatic nitrogens is 2. The third-order valence-electron chi connectivity index (χ3n) is 5.54. The van der Waals surface area contributed by atoms with Gasteiger partial charge in [0.1, 0.15) is 11.8 Å². The van der Waals surface area contributed by atoms with E-state index in [4.69, 9.17) is 0 Å². The smallest absolute Gasteiger partial charge is 0.423 e. The maximum Gasteiger partial charge on any atom is 0.488 e. The zero-order valence-corrected chi connectivity index (χ0v) is 17.3. The maximum atomic E-state index is 9.57. The SMILES string of the molecule is N#Cc1cc(B(O)O)cc(-c2cnc3c(ccc4c(-c5ccccc5)cc(C#N)nc43)c2)c1. The number of nitrogens with zero attached hydrogens (tertiary/aromatic N) is 4. The standard InChI is InChI=1S/C26H15BN4O2/c28-13-16-8-19(11-21(9-16)27(32)33)20-10-18-6-7-23-24(17-4-2-1-3-5-17)12-22(14-29)31-26(23)25(18)30-15-20/h1-12,15,32-33H. The van der Waals surface area contributed by atoms with Gasteiger partial charge in [-0.2, -0.15) is 10.5 Å². The van der Waals surface area contributed by atoms with Crippen LogP contribution in [0.3, 0.4) is 0 Å². The van der Waals surface area contributed by atoms with Gasteiger partial charge in [-0.15, -0.1) is 0 Å². The fourth-order valence-electron chi connectivity index (χ4n) is 3.99. The molecule has 0 unspecified atom stereocenters. The van der Waals surface area contributed by atoms with Gasteiger partial charge in [-0.05, 0) is 46.4 Å². The van der Waals surface area contributed by atoms with Crippen molar-refractivity contribution in [3.8, 4) is 34.4 Å². The largest absolute Gasteiger partial charge is 0.488 e. The molecule has 5 aromatic rings. The fraction of sp³-hybridized carbons (Fsp3) is 0. The monoisotopic (exact) mass is 426 g/mol. The van der Waals surface area contributed by atoms with Crippen LogP contribution in [0.15, 0.2) is 79.0 Å². The quantitative estimate of drug-likeness (QED) is 0.337. The van der Waals surface area contributed by atoms with Crippen LogP contribution >= 0.6 is 0 Å². The number of fused-ring (bicyclic) bond motifs is 3. The minimum atomic E-state index is -1.68. The molecule has 154 valence electrons. The molecule has 0 spiro atoms. The van der Waals surface area contributed by atoms with Crippen molar-refractivity contribution >= 4 is 34.4 Å². The van der Waals surface area contributed by atoms with Crippen molar-refractivity contribution < 1.29 is 10.0 Å². The van der Waals surface area contributed by atoms with E-state index in [9.17, 15) is 20.6 Å². The van der Waals surface area contributed by atoms with Crippen LogP contribution in [0.4, 0.5) is 0 Å². The summed E-state index contributed by atoms with van der Waals surface area (Å²) in [6.07, 6.45) is 1.66. The lowest BCUT2D eigenvalue weighted by Crippen LogP contribution is -2.30. The second-order valence-corrected chi connectivity index (χ2v) is 7.62. The molecule has 3 aromatic carbocycles. The van der Waals surface area contributed by atoms with Crippen molar-refractivity contribution in [3.63, 3.8) is 0 Å². The first-order valence-corrected chi connectivity index (χ1v) is 10.2. The lowest BCUT2D eigenvalue weighted by Gasteiger charge is -2.11. The predicted molar refractivity (Wildman–Crippen MR) is 127 cm³/mol. The number of benzene rings is 3. The van der Waals surface area contributed by atoms with E-state index in [1.807, 2.05) is 54.6 Å². The molecule has 6 nitrogen and oxygen atoms in total. The summed E-state index contributed by atoms with van der Waals surface area (Å²) in [5.41, 5.74) is 5.42. The minimum Gasteiger partial charge on any atom is -0.423 e. The summed E-state index contributed by atoms with van der Waals surface area (Å²) in [7, 11) is -1.68. The van der Waals surface area contributed by atoms with E-state index in [2.05, 4.69) is 16.0 Å². The Balaban J connectivity index is 1.73. The molecule has 0 aliphatic rings. The molecule has 0 aliphatic carbocycles. The summed E-state index contributed by atoms with van der Waals surface area (Å²) in [5.74, 6) is 0. The fourth-order valence-corrected chi connectivity index (χ4v) is 3.99. The van der Waals surface area contributed by atoms with E-state index in [-0.39, 0.29) is 5.46 Å². The van der Waals surface area contributed by atoms with Crippen LogP contribution in [-0.4, -0.2) is 27.1 Å². The highest BCUT2D eigenvalue weighted by Gasteiger charge is 2.16. The Labute approximate surface area is 189 Å². The molecule has 2 heterocycles. The topological polar surface area (TPSA) is 114 Å².